The zero-order valence-electron chi connectivity index (χ0n) is 15.5. The van der Waals surface area contributed by atoms with Crippen LogP contribution in [-0.4, -0.2) is 31.1 Å². The van der Waals surface area contributed by atoms with Crippen molar-refractivity contribution in [3.05, 3.63) is 89.9 Å². The molecule has 0 bridgehead atoms. The molecule has 0 spiro atoms. The van der Waals surface area contributed by atoms with Gasteiger partial charge in [0.25, 0.3) is 0 Å². The van der Waals surface area contributed by atoms with Gasteiger partial charge in [0.05, 0.1) is 12.3 Å². The van der Waals surface area contributed by atoms with Crippen LogP contribution in [0.3, 0.4) is 0 Å². The molecule has 1 aliphatic heterocycles. The maximum absolute atomic E-state index is 5.94. The largest absolute Gasteiger partial charge is 0.489 e. The van der Waals surface area contributed by atoms with Gasteiger partial charge in [0.2, 0.25) is 0 Å². The van der Waals surface area contributed by atoms with Gasteiger partial charge in [0.15, 0.2) is 0 Å². The molecule has 140 valence electrons. The number of nitrogens with one attached hydrogen (secondary N) is 1. The van der Waals surface area contributed by atoms with Crippen LogP contribution in [0.15, 0.2) is 77.4 Å². The van der Waals surface area contributed by atoms with Gasteiger partial charge in [-0.05, 0) is 48.4 Å². The molecular formula is C23H26N2O2. The van der Waals surface area contributed by atoms with E-state index in [9.17, 15) is 0 Å². The van der Waals surface area contributed by atoms with E-state index >= 15 is 0 Å². The molecule has 4 nitrogen and oxygen atoms in total. The molecule has 3 aromatic rings. The summed E-state index contributed by atoms with van der Waals surface area (Å²) in [6.07, 6.45) is 2.91. The van der Waals surface area contributed by atoms with E-state index in [2.05, 4.69) is 52.7 Å². The van der Waals surface area contributed by atoms with Crippen LogP contribution in [0.5, 0.6) is 5.75 Å². The smallest absolute Gasteiger partial charge is 0.125 e. The van der Waals surface area contributed by atoms with Crippen LogP contribution in [0.4, 0.5) is 0 Å². The number of nitrogens with zero attached hydrogens (tertiary/aromatic N) is 1. The van der Waals surface area contributed by atoms with Crippen molar-refractivity contribution in [1.82, 2.24) is 10.2 Å². The highest BCUT2D eigenvalue weighted by atomic mass is 16.5. The van der Waals surface area contributed by atoms with Gasteiger partial charge in [0.1, 0.15) is 18.1 Å². The number of rotatable bonds is 6. The van der Waals surface area contributed by atoms with Crippen LogP contribution in [-0.2, 0) is 6.61 Å². The first-order valence-electron chi connectivity index (χ1n) is 9.65. The van der Waals surface area contributed by atoms with E-state index in [1.807, 2.05) is 24.3 Å². The van der Waals surface area contributed by atoms with Gasteiger partial charge in [-0.2, -0.15) is 0 Å². The van der Waals surface area contributed by atoms with E-state index in [-0.39, 0.29) is 6.04 Å². The Balaban J connectivity index is 1.50. The molecule has 1 unspecified atom stereocenters. The van der Waals surface area contributed by atoms with Crippen LogP contribution in [0.1, 0.15) is 29.3 Å². The van der Waals surface area contributed by atoms with Gasteiger partial charge < -0.3 is 14.5 Å². The molecule has 1 saturated heterocycles. The van der Waals surface area contributed by atoms with E-state index in [4.69, 9.17) is 9.15 Å². The minimum atomic E-state index is 0.142. The summed E-state index contributed by atoms with van der Waals surface area (Å²) < 4.78 is 11.7. The molecule has 0 radical (unpaired) electrons. The molecule has 1 atom stereocenters. The van der Waals surface area contributed by atoms with Crippen molar-refractivity contribution in [1.29, 1.82) is 0 Å². The molecular weight excluding hydrogens is 336 g/mol. The Morgan fingerprint density at radius 3 is 2.56 bits per heavy atom. The molecule has 4 rings (SSSR count). The van der Waals surface area contributed by atoms with E-state index in [0.29, 0.717) is 6.61 Å². The first-order chi connectivity index (χ1) is 13.4. The summed E-state index contributed by atoms with van der Waals surface area (Å²) in [6.45, 7) is 4.74. The molecule has 4 heteroatoms. The summed E-state index contributed by atoms with van der Waals surface area (Å²) in [5.41, 5.74) is 2.41. The number of ether oxygens (including phenoxy) is 1. The minimum Gasteiger partial charge on any atom is -0.489 e. The van der Waals surface area contributed by atoms with Gasteiger partial charge in [-0.15, -0.1) is 0 Å². The Kier molecular flexibility index (Phi) is 5.87. The third kappa shape index (κ3) is 4.59. The maximum atomic E-state index is 5.94. The lowest BCUT2D eigenvalue weighted by atomic mass is 10.0. The second-order valence-corrected chi connectivity index (χ2v) is 6.90. The molecule has 1 aromatic heterocycles. The highest BCUT2D eigenvalue weighted by molar-refractivity contribution is 5.33. The fourth-order valence-electron chi connectivity index (χ4n) is 3.61. The Morgan fingerprint density at radius 1 is 0.926 bits per heavy atom. The monoisotopic (exact) mass is 362 g/mol. The maximum Gasteiger partial charge on any atom is 0.125 e. The quantitative estimate of drug-likeness (QED) is 0.712. The van der Waals surface area contributed by atoms with Gasteiger partial charge in [-0.3, -0.25) is 4.90 Å². The summed E-state index contributed by atoms with van der Waals surface area (Å²) >= 11 is 0. The Hall–Kier alpha value is -2.56. The second-order valence-electron chi connectivity index (χ2n) is 6.90. The van der Waals surface area contributed by atoms with Gasteiger partial charge in [0, 0.05) is 19.6 Å². The first-order valence-corrected chi connectivity index (χ1v) is 9.65. The lowest BCUT2D eigenvalue weighted by Gasteiger charge is -2.29. The molecule has 1 fully saturated rings. The zero-order chi connectivity index (χ0) is 18.3. The van der Waals surface area contributed by atoms with Crippen molar-refractivity contribution in [3.63, 3.8) is 0 Å². The zero-order valence-corrected chi connectivity index (χ0v) is 15.5. The standard InChI is InChI=1S/C23H26N2O2/c1-2-6-19(7-3-1)18-27-21-11-9-20(10-12-21)23(22-8-4-17-26-22)25-15-5-13-24-14-16-25/h1-4,6-12,17,23-24H,5,13-16,18H2. The molecule has 2 aromatic carbocycles. The normalized spacial score (nSPS) is 16.6. The molecule has 2 heterocycles. The van der Waals surface area contributed by atoms with Crippen molar-refractivity contribution >= 4 is 0 Å². The van der Waals surface area contributed by atoms with E-state index in [1.165, 1.54) is 11.1 Å². The summed E-state index contributed by atoms with van der Waals surface area (Å²) in [5.74, 6) is 1.88. The van der Waals surface area contributed by atoms with Crippen molar-refractivity contribution in [2.45, 2.75) is 19.1 Å². The van der Waals surface area contributed by atoms with Gasteiger partial charge >= 0.3 is 0 Å². The summed E-state index contributed by atoms with van der Waals surface area (Å²) in [5, 5.41) is 3.48. The lowest BCUT2D eigenvalue weighted by Crippen LogP contribution is -2.32. The summed E-state index contributed by atoms with van der Waals surface area (Å²) in [7, 11) is 0. The third-order valence-electron chi connectivity index (χ3n) is 5.00. The highest BCUT2D eigenvalue weighted by Gasteiger charge is 2.25. The van der Waals surface area contributed by atoms with Gasteiger partial charge in [-0.25, -0.2) is 0 Å². The first kappa shape index (κ1) is 17.8. The van der Waals surface area contributed by atoms with E-state index in [1.54, 1.807) is 6.26 Å². The Bertz CT molecular complexity index is 792. The van der Waals surface area contributed by atoms with Crippen molar-refractivity contribution < 1.29 is 9.15 Å². The van der Waals surface area contributed by atoms with E-state index < -0.39 is 0 Å². The van der Waals surface area contributed by atoms with Gasteiger partial charge in [-0.1, -0.05) is 42.5 Å². The van der Waals surface area contributed by atoms with Crippen LogP contribution in [0.25, 0.3) is 0 Å². The molecule has 0 amide bonds. The average molecular weight is 362 g/mol. The molecule has 0 aliphatic carbocycles. The molecule has 0 saturated carbocycles. The van der Waals surface area contributed by atoms with E-state index in [0.717, 1.165) is 44.1 Å². The van der Waals surface area contributed by atoms with Crippen LogP contribution in [0.2, 0.25) is 0 Å². The fourth-order valence-corrected chi connectivity index (χ4v) is 3.61. The van der Waals surface area contributed by atoms with Crippen molar-refractivity contribution in [2.75, 3.05) is 26.2 Å². The van der Waals surface area contributed by atoms with Crippen molar-refractivity contribution in [3.8, 4) is 5.75 Å². The Labute approximate surface area is 160 Å². The Morgan fingerprint density at radius 2 is 1.78 bits per heavy atom. The molecule has 27 heavy (non-hydrogen) atoms. The number of hydrogen-bond donors (Lipinski definition) is 1. The SMILES string of the molecule is c1ccc(COc2ccc(C(c3ccco3)N3CCCNCC3)cc2)cc1. The molecule has 1 N–H and O–H groups in total. The number of benzene rings is 2. The minimum absolute atomic E-state index is 0.142. The lowest BCUT2D eigenvalue weighted by molar-refractivity contribution is 0.216. The topological polar surface area (TPSA) is 37.6 Å². The summed E-state index contributed by atoms with van der Waals surface area (Å²) in [4.78, 5) is 2.50. The number of hydrogen-bond acceptors (Lipinski definition) is 4. The predicted octanol–water partition coefficient (Wildman–Crippen LogP) is 4.24. The fraction of sp³-hybridized carbons (Fsp3) is 0.304. The summed E-state index contributed by atoms with van der Waals surface area (Å²) in [6, 6.07) is 22.9. The average Bonchev–Trinajstić information content (AvgIpc) is 3.11. The second kappa shape index (κ2) is 8.89. The predicted molar refractivity (Wildman–Crippen MR) is 107 cm³/mol. The third-order valence-corrected chi connectivity index (χ3v) is 5.00. The highest BCUT2D eigenvalue weighted by Crippen LogP contribution is 2.30. The van der Waals surface area contributed by atoms with Crippen LogP contribution < -0.4 is 10.1 Å². The number of furan rings is 1. The van der Waals surface area contributed by atoms with Crippen LogP contribution >= 0.6 is 0 Å². The molecule has 1 aliphatic rings. The van der Waals surface area contributed by atoms with Crippen LogP contribution in [0, 0.1) is 0 Å². The van der Waals surface area contributed by atoms with Crippen molar-refractivity contribution in [2.24, 2.45) is 0 Å².